The molecule has 0 radical (unpaired) electrons. The molecule has 0 fully saturated rings. The number of aromatic nitrogens is 3. The molecule has 5 aromatic carbocycles. The minimum atomic E-state index is -1.54. The lowest BCUT2D eigenvalue weighted by Crippen LogP contribution is -2.29. The SMILES string of the molecule is OB(O)c1ccc2c(c1)c1ccccc1n2-c1nc(-c2ccccc2)c2c(ccc3cc(-c4ccccc4)sc32)n1. The second-order valence-corrected chi connectivity index (χ2v) is 11.1. The van der Waals surface area contributed by atoms with Gasteiger partial charge in [0.15, 0.2) is 0 Å². The molecular weight excluding hydrogens is 525 g/mol. The molecule has 5 nitrogen and oxygen atoms in total. The highest BCUT2D eigenvalue weighted by molar-refractivity contribution is 7.23. The predicted octanol–water partition coefficient (Wildman–Crippen LogP) is 6.96. The molecule has 0 unspecified atom stereocenters. The molecule has 8 aromatic rings. The van der Waals surface area contributed by atoms with Crippen LogP contribution in [0.15, 0.2) is 121 Å². The van der Waals surface area contributed by atoms with Gasteiger partial charge in [0.1, 0.15) is 0 Å². The first-order valence-corrected chi connectivity index (χ1v) is 14.2. The van der Waals surface area contributed by atoms with Crippen LogP contribution in [-0.2, 0) is 0 Å². The van der Waals surface area contributed by atoms with E-state index < -0.39 is 7.12 Å². The Morgan fingerprint density at radius 3 is 2.12 bits per heavy atom. The fraction of sp³-hybridized carbons (Fsp3) is 0. The van der Waals surface area contributed by atoms with Gasteiger partial charge < -0.3 is 10.0 Å². The fourth-order valence-electron chi connectivity index (χ4n) is 5.72. The van der Waals surface area contributed by atoms with Crippen LogP contribution in [0.1, 0.15) is 0 Å². The van der Waals surface area contributed by atoms with Gasteiger partial charge in [-0.1, -0.05) is 97.1 Å². The van der Waals surface area contributed by atoms with Gasteiger partial charge in [0.2, 0.25) is 5.95 Å². The first kappa shape index (κ1) is 24.0. The van der Waals surface area contributed by atoms with Gasteiger partial charge in [-0.3, -0.25) is 4.57 Å². The molecule has 2 N–H and O–H groups in total. The van der Waals surface area contributed by atoms with Crippen molar-refractivity contribution in [2.45, 2.75) is 0 Å². The quantitative estimate of drug-likeness (QED) is 0.234. The lowest BCUT2D eigenvalue weighted by Gasteiger charge is -2.12. The van der Waals surface area contributed by atoms with E-state index in [4.69, 9.17) is 9.97 Å². The van der Waals surface area contributed by atoms with Crippen molar-refractivity contribution in [3.8, 4) is 27.6 Å². The molecule has 7 heteroatoms. The molecule has 0 spiro atoms. The molecule has 194 valence electrons. The first-order valence-electron chi connectivity index (χ1n) is 13.4. The van der Waals surface area contributed by atoms with E-state index in [1.165, 1.54) is 15.8 Å². The highest BCUT2D eigenvalue weighted by Crippen LogP contribution is 2.41. The zero-order valence-corrected chi connectivity index (χ0v) is 22.6. The number of rotatable bonds is 4. The van der Waals surface area contributed by atoms with Crippen molar-refractivity contribution < 1.29 is 10.0 Å². The first-order chi connectivity index (χ1) is 20.2. The minimum Gasteiger partial charge on any atom is -0.423 e. The van der Waals surface area contributed by atoms with Gasteiger partial charge in [0, 0.05) is 31.3 Å². The topological polar surface area (TPSA) is 71.2 Å². The summed E-state index contributed by atoms with van der Waals surface area (Å²) in [5, 5.41) is 23.8. The van der Waals surface area contributed by atoms with Gasteiger partial charge in [0.05, 0.1) is 22.2 Å². The zero-order valence-electron chi connectivity index (χ0n) is 21.8. The van der Waals surface area contributed by atoms with Crippen molar-refractivity contribution in [3.63, 3.8) is 0 Å². The van der Waals surface area contributed by atoms with Crippen molar-refractivity contribution >= 4 is 66.7 Å². The van der Waals surface area contributed by atoms with Gasteiger partial charge in [-0.25, -0.2) is 9.97 Å². The summed E-state index contributed by atoms with van der Waals surface area (Å²) >= 11 is 1.77. The number of benzene rings is 5. The van der Waals surface area contributed by atoms with Crippen LogP contribution in [-0.4, -0.2) is 31.7 Å². The third-order valence-electron chi connectivity index (χ3n) is 7.63. The summed E-state index contributed by atoms with van der Waals surface area (Å²) in [5.41, 5.74) is 6.26. The standard InChI is InChI=1S/C34H22BN3O2S/c39-35(40)24-16-18-29-26(20-24)25-13-7-8-14-28(25)38(29)34-36-27-17-15-23-19-30(21-9-3-1-4-10-21)41-33(23)31(27)32(37-34)22-11-5-2-6-12-22/h1-20,39-40H. The van der Waals surface area contributed by atoms with Crippen LogP contribution < -0.4 is 5.46 Å². The Bertz CT molecular complexity index is 2240. The summed E-state index contributed by atoms with van der Waals surface area (Å²) in [4.78, 5) is 11.6. The number of para-hydroxylation sites is 1. The monoisotopic (exact) mass is 547 g/mol. The Kier molecular flexibility index (Phi) is 5.50. The fourth-order valence-corrected chi connectivity index (χ4v) is 6.93. The average molecular weight is 547 g/mol. The van der Waals surface area contributed by atoms with Crippen LogP contribution in [0, 0.1) is 0 Å². The molecule has 0 atom stereocenters. The molecule has 3 heterocycles. The van der Waals surface area contributed by atoms with Crippen molar-refractivity contribution in [2.24, 2.45) is 0 Å². The van der Waals surface area contributed by atoms with E-state index in [1.54, 1.807) is 17.4 Å². The second-order valence-electron chi connectivity index (χ2n) is 10.1. The lowest BCUT2D eigenvalue weighted by molar-refractivity contribution is 0.426. The third-order valence-corrected chi connectivity index (χ3v) is 8.85. The van der Waals surface area contributed by atoms with E-state index in [0.717, 1.165) is 48.7 Å². The Balaban J connectivity index is 1.45. The summed E-state index contributed by atoms with van der Waals surface area (Å²) in [7, 11) is -1.54. The van der Waals surface area contributed by atoms with Gasteiger partial charge >= 0.3 is 7.12 Å². The second kappa shape index (κ2) is 9.39. The maximum Gasteiger partial charge on any atom is 0.488 e. The molecule has 0 saturated heterocycles. The summed E-state index contributed by atoms with van der Waals surface area (Å²) in [5.74, 6) is 0.569. The van der Waals surface area contributed by atoms with E-state index in [-0.39, 0.29) is 0 Å². The normalized spacial score (nSPS) is 11.7. The molecule has 0 bridgehead atoms. The number of nitrogens with zero attached hydrogens (tertiary/aromatic N) is 3. The van der Waals surface area contributed by atoms with Crippen LogP contribution in [0.2, 0.25) is 0 Å². The largest absolute Gasteiger partial charge is 0.488 e. The maximum atomic E-state index is 9.85. The van der Waals surface area contributed by atoms with Crippen LogP contribution in [0.25, 0.3) is 70.4 Å². The van der Waals surface area contributed by atoms with Gasteiger partial charge in [0.25, 0.3) is 0 Å². The molecule has 0 aliphatic carbocycles. The summed E-state index contributed by atoms with van der Waals surface area (Å²) in [6.45, 7) is 0. The average Bonchev–Trinajstić information content (AvgIpc) is 3.61. The predicted molar refractivity (Wildman–Crippen MR) is 170 cm³/mol. The highest BCUT2D eigenvalue weighted by atomic mass is 32.1. The van der Waals surface area contributed by atoms with Crippen molar-refractivity contribution in [2.75, 3.05) is 0 Å². The zero-order chi connectivity index (χ0) is 27.5. The van der Waals surface area contributed by atoms with Crippen molar-refractivity contribution in [3.05, 3.63) is 121 Å². The van der Waals surface area contributed by atoms with Gasteiger partial charge in [-0.15, -0.1) is 11.3 Å². The van der Waals surface area contributed by atoms with E-state index in [0.29, 0.717) is 11.4 Å². The molecule has 8 rings (SSSR count). The van der Waals surface area contributed by atoms with E-state index in [2.05, 4.69) is 65.2 Å². The summed E-state index contributed by atoms with van der Waals surface area (Å²) < 4.78 is 3.23. The van der Waals surface area contributed by atoms with E-state index >= 15 is 0 Å². The Hall–Kier alpha value is -4.82. The molecule has 41 heavy (non-hydrogen) atoms. The minimum absolute atomic E-state index is 0.444. The molecule has 3 aromatic heterocycles. The summed E-state index contributed by atoms with van der Waals surface area (Å²) in [6, 6.07) is 40.8. The smallest absolute Gasteiger partial charge is 0.423 e. The van der Waals surface area contributed by atoms with E-state index in [1.807, 2.05) is 54.6 Å². The van der Waals surface area contributed by atoms with Crippen LogP contribution in [0.5, 0.6) is 0 Å². The molecule has 0 aliphatic heterocycles. The Morgan fingerprint density at radius 2 is 1.34 bits per heavy atom. The Morgan fingerprint density at radius 1 is 0.634 bits per heavy atom. The van der Waals surface area contributed by atoms with E-state index in [9.17, 15) is 10.0 Å². The van der Waals surface area contributed by atoms with Crippen molar-refractivity contribution in [1.82, 2.24) is 14.5 Å². The third kappa shape index (κ3) is 3.86. The number of fused-ring (bicyclic) bond motifs is 6. The van der Waals surface area contributed by atoms with Crippen LogP contribution in [0.4, 0.5) is 0 Å². The lowest BCUT2D eigenvalue weighted by atomic mass is 9.80. The molecule has 0 aliphatic rings. The molecule has 0 saturated carbocycles. The number of hydrogen-bond acceptors (Lipinski definition) is 5. The highest BCUT2D eigenvalue weighted by Gasteiger charge is 2.21. The van der Waals surface area contributed by atoms with Gasteiger partial charge in [-0.05, 0) is 40.7 Å². The van der Waals surface area contributed by atoms with Crippen molar-refractivity contribution in [1.29, 1.82) is 0 Å². The van der Waals surface area contributed by atoms with Crippen LogP contribution in [0.3, 0.4) is 0 Å². The van der Waals surface area contributed by atoms with Gasteiger partial charge in [-0.2, -0.15) is 0 Å². The summed E-state index contributed by atoms with van der Waals surface area (Å²) in [6.07, 6.45) is 0. The van der Waals surface area contributed by atoms with Crippen LogP contribution >= 0.6 is 11.3 Å². The maximum absolute atomic E-state index is 9.85. The number of hydrogen-bond donors (Lipinski definition) is 2. The number of thiophene rings is 1. The molecule has 0 amide bonds. The Labute approximate surface area is 239 Å². The molecular formula is C34H22BN3O2S.